The van der Waals surface area contributed by atoms with E-state index in [1.165, 1.54) is 0 Å². The van der Waals surface area contributed by atoms with Crippen LogP contribution >= 0.6 is 26.3 Å². The Morgan fingerprint density at radius 1 is 0.826 bits per heavy atom. The van der Waals surface area contributed by atoms with Crippen LogP contribution in [0.2, 0.25) is 5.15 Å². The highest BCUT2D eigenvalue weighted by molar-refractivity contribution is 7.87. The normalized spacial score (nSPS) is 12.2. The van der Waals surface area contributed by atoms with Gasteiger partial charge in [0.15, 0.2) is 10.8 Å². The molecule has 0 bridgehead atoms. The Balaban J connectivity index is 1.54. The first-order valence-corrected chi connectivity index (χ1v) is 19.2. The topological polar surface area (TPSA) is 115 Å². The summed E-state index contributed by atoms with van der Waals surface area (Å²) in [6, 6.07) is 30.8. The Bertz CT molecular complexity index is 1700. The van der Waals surface area contributed by atoms with Gasteiger partial charge in [-0.2, -0.15) is 9.97 Å². The molecule has 1 N–H and O–H groups in total. The number of aromatic nitrogens is 4. The highest BCUT2D eigenvalue weighted by atomic mass is 35.5. The lowest BCUT2D eigenvalue weighted by molar-refractivity contribution is 0.186. The molecule has 0 saturated heterocycles. The molecule has 46 heavy (non-hydrogen) atoms. The van der Waals surface area contributed by atoms with Crippen molar-refractivity contribution in [3.8, 4) is 0 Å². The second-order valence-electron chi connectivity index (χ2n) is 10.4. The van der Waals surface area contributed by atoms with Crippen LogP contribution in [0.4, 0.5) is 5.95 Å². The van der Waals surface area contributed by atoms with Crippen LogP contribution in [0.25, 0.3) is 11.2 Å². The molecular formula is C33H39ClN6O4P2. The summed E-state index contributed by atoms with van der Waals surface area (Å²) >= 11 is 6.74. The smallest absolute Gasteiger partial charge is 0.331 e. The molecule has 0 aliphatic rings. The molecule has 0 saturated carbocycles. The van der Waals surface area contributed by atoms with E-state index in [2.05, 4.69) is 46.4 Å². The summed E-state index contributed by atoms with van der Waals surface area (Å²) in [6.07, 6.45) is 1.91. The van der Waals surface area contributed by atoms with Gasteiger partial charge in [-0.05, 0) is 13.8 Å². The molecule has 0 spiro atoms. The molecule has 3 aromatic carbocycles. The summed E-state index contributed by atoms with van der Waals surface area (Å²) in [7, 11) is -5.84. The zero-order valence-electron chi connectivity index (χ0n) is 26.0. The highest BCUT2D eigenvalue weighted by Crippen LogP contribution is 2.49. The second kappa shape index (κ2) is 16.1. The number of halogens is 1. The number of fused-ring (bicyclic) bond motifs is 1. The number of nitrogens with zero attached hydrogens (tertiary/aromatic N) is 6. The van der Waals surface area contributed by atoms with E-state index in [1.54, 1.807) is 20.2 Å². The third-order valence-corrected chi connectivity index (χ3v) is 13.4. The van der Waals surface area contributed by atoms with E-state index in [4.69, 9.17) is 30.4 Å². The van der Waals surface area contributed by atoms with E-state index < -0.39 is 14.7 Å². The second-order valence-corrected chi connectivity index (χ2v) is 16.0. The van der Waals surface area contributed by atoms with Crippen molar-refractivity contribution in [2.75, 3.05) is 45.6 Å². The maximum absolute atomic E-state index is 13.0. The third-order valence-electron chi connectivity index (χ3n) is 7.45. The van der Waals surface area contributed by atoms with E-state index in [-0.39, 0.29) is 23.9 Å². The van der Waals surface area contributed by atoms with Crippen molar-refractivity contribution in [3.63, 3.8) is 0 Å². The summed E-state index contributed by atoms with van der Waals surface area (Å²) in [5.41, 5.74) is 1.04. The van der Waals surface area contributed by atoms with Gasteiger partial charge in [0.05, 0.1) is 39.4 Å². The van der Waals surface area contributed by atoms with Crippen molar-refractivity contribution < 1.29 is 18.7 Å². The van der Waals surface area contributed by atoms with E-state index in [9.17, 15) is 9.67 Å². The fourth-order valence-electron chi connectivity index (χ4n) is 5.34. The van der Waals surface area contributed by atoms with Crippen LogP contribution in [0.3, 0.4) is 0 Å². The van der Waals surface area contributed by atoms with E-state index in [1.807, 2.05) is 64.1 Å². The summed E-state index contributed by atoms with van der Waals surface area (Å²) in [6.45, 7) is 6.00. The maximum atomic E-state index is 13.0. The minimum Gasteiger partial charge on any atom is -0.395 e. The summed E-state index contributed by atoms with van der Waals surface area (Å²) in [4.78, 5) is 16.1. The predicted octanol–water partition coefficient (Wildman–Crippen LogP) is 5.85. The van der Waals surface area contributed by atoms with Crippen LogP contribution in [-0.2, 0) is 20.2 Å². The molecule has 0 aliphatic heterocycles. The first kappa shape index (κ1) is 34.1. The molecule has 2 aromatic heterocycles. The SMILES string of the molecule is CCOP(=O)(CCN(CCO)CCn1cnc2c(Cl)nc(N=P(c3ccccc3)(c3ccccc3)c3ccccc3)nc21)OCC. The van der Waals surface area contributed by atoms with Crippen molar-refractivity contribution in [2.45, 2.75) is 20.4 Å². The van der Waals surface area contributed by atoms with Crippen LogP contribution < -0.4 is 15.9 Å². The van der Waals surface area contributed by atoms with Gasteiger partial charge in [0.25, 0.3) is 5.95 Å². The Hall–Kier alpha value is -3.20. The molecule has 13 heteroatoms. The minimum atomic E-state index is -3.22. The lowest BCUT2D eigenvalue weighted by Crippen LogP contribution is -2.33. The predicted molar refractivity (Wildman–Crippen MR) is 187 cm³/mol. The molecule has 0 fully saturated rings. The number of benzene rings is 3. The van der Waals surface area contributed by atoms with Gasteiger partial charge < -0.3 is 18.7 Å². The Labute approximate surface area is 275 Å². The van der Waals surface area contributed by atoms with Crippen LogP contribution in [0.15, 0.2) is 102 Å². The minimum absolute atomic E-state index is 0.0421. The molecule has 5 rings (SSSR count). The number of aliphatic hydroxyl groups is 1. The largest absolute Gasteiger partial charge is 0.395 e. The van der Waals surface area contributed by atoms with Crippen molar-refractivity contribution in [3.05, 3.63) is 102 Å². The van der Waals surface area contributed by atoms with E-state index in [0.29, 0.717) is 50.6 Å². The van der Waals surface area contributed by atoms with Gasteiger partial charge in [0.1, 0.15) is 5.52 Å². The molecular weight excluding hydrogens is 642 g/mol. The molecule has 242 valence electrons. The molecule has 0 radical (unpaired) electrons. The Morgan fingerprint density at radius 3 is 1.87 bits per heavy atom. The zero-order valence-corrected chi connectivity index (χ0v) is 28.6. The molecule has 0 unspecified atom stereocenters. The van der Waals surface area contributed by atoms with Crippen LogP contribution in [-0.4, -0.2) is 75.1 Å². The monoisotopic (exact) mass is 680 g/mol. The summed E-state index contributed by atoms with van der Waals surface area (Å²) in [5.74, 6) is 0.269. The van der Waals surface area contributed by atoms with Crippen LogP contribution in [0.1, 0.15) is 13.8 Å². The number of hydrogen-bond donors (Lipinski definition) is 1. The quantitative estimate of drug-likeness (QED) is 0.102. The van der Waals surface area contributed by atoms with Crippen molar-refractivity contribution in [2.24, 2.45) is 4.74 Å². The van der Waals surface area contributed by atoms with Crippen molar-refractivity contribution >= 4 is 59.3 Å². The first-order valence-electron chi connectivity index (χ1n) is 15.3. The average molecular weight is 681 g/mol. The van der Waals surface area contributed by atoms with Crippen molar-refractivity contribution in [1.29, 1.82) is 0 Å². The summed E-state index contributed by atoms with van der Waals surface area (Å²) in [5, 5.41) is 13.1. The highest BCUT2D eigenvalue weighted by Gasteiger charge is 2.29. The summed E-state index contributed by atoms with van der Waals surface area (Å²) < 4.78 is 31.3. The van der Waals surface area contributed by atoms with Gasteiger partial charge in [0.2, 0.25) is 0 Å². The maximum Gasteiger partial charge on any atom is 0.331 e. The number of rotatable bonds is 16. The average Bonchev–Trinajstić information content (AvgIpc) is 3.49. The molecule has 10 nitrogen and oxygen atoms in total. The lowest BCUT2D eigenvalue weighted by Gasteiger charge is -2.26. The van der Waals surface area contributed by atoms with Gasteiger partial charge >= 0.3 is 7.60 Å². The standard InChI is InChI=1S/C33H39ClN6O4P2/c1-3-43-45(42,44-4-2)25-23-39(22-24-41)20-21-40-26-35-30-31(34)36-33(37-32(30)40)38-46(27-14-8-5-9-15-27,28-16-10-6-11-17-28)29-18-12-7-13-19-29/h5-19,26,41H,3-4,20-25H2,1-2H3. The number of imidazole rings is 1. The van der Waals surface area contributed by atoms with Crippen LogP contribution in [0.5, 0.6) is 0 Å². The van der Waals surface area contributed by atoms with Gasteiger partial charge in [-0.15, -0.1) is 0 Å². The Kier molecular flexibility index (Phi) is 11.9. The molecule has 0 amide bonds. The van der Waals surface area contributed by atoms with Gasteiger partial charge in [0, 0.05) is 42.1 Å². The molecule has 0 atom stereocenters. The third kappa shape index (κ3) is 7.84. The van der Waals surface area contributed by atoms with Gasteiger partial charge in [-0.25, -0.2) is 9.73 Å². The Morgan fingerprint density at radius 2 is 1.37 bits per heavy atom. The van der Waals surface area contributed by atoms with Gasteiger partial charge in [-0.3, -0.25) is 9.46 Å². The zero-order chi connectivity index (χ0) is 32.4. The lowest BCUT2D eigenvalue weighted by atomic mass is 10.4. The number of aliphatic hydroxyl groups excluding tert-OH is 1. The van der Waals surface area contributed by atoms with E-state index in [0.717, 1.165) is 15.9 Å². The van der Waals surface area contributed by atoms with Crippen LogP contribution in [0, 0.1) is 0 Å². The first-order chi connectivity index (χ1) is 22.4. The molecule has 5 aromatic rings. The fraction of sp³-hybridized carbons (Fsp3) is 0.303. The fourth-order valence-corrected chi connectivity index (χ4v) is 10.6. The number of hydrogen-bond acceptors (Lipinski definition) is 9. The van der Waals surface area contributed by atoms with Gasteiger partial charge in [-0.1, -0.05) is 103 Å². The van der Waals surface area contributed by atoms with Crippen molar-refractivity contribution in [1.82, 2.24) is 24.4 Å². The molecule has 2 heterocycles. The molecule has 0 aliphatic carbocycles. The van der Waals surface area contributed by atoms with E-state index >= 15 is 0 Å².